The molecule has 0 aromatic heterocycles. The van der Waals surface area contributed by atoms with E-state index in [9.17, 15) is 4.39 Å². The minimum Gasteiger partial charge on any atom is -0.310 e. The lowest BCUT2D eigenvalue weighted by Crippen LogP contribution is -2.23. The fourth-order valence-electron chi connectivity index (χ4n) is 2.24. The van der Waals surface area contributed by atoms with Crippen LogP contribution in [0.4, 0.5) is 4.39 Å². The molecule has 2 rings (SSSR count). The molecule has 1 unspecified atom stereocenters. The molecule has 1 atom stereocenters. The molecule has 0 spiro atoms. The van der Waals surface area contributed by atoms with E-state index in [1.54, 1.807) is 12.1 Å². The first-order chi connectivity index (χ1) is 10.0. The first-order valence-corrected chi connectivity index (χ1v) is 8.60. The van der Waals surface area contributed by atoms with Crippen molar-refractivity contribution in [2.45, 2.75) is 19.4 Å². The summed E-state index contributed by atoms with van der Waals surface area (Å²) >= 11 is 13.0. The summed E-state index contributed by atoms with van der Waals surface area (Å²) in [6.07, 6.45) is 0.542. The second kappa shape index (κ2) is 7.73. The van der Waals surface area contributed by atoms with Gasteiger partial charge in [-0.3, -0.25) is 0 Å². The van der Waals surface area contributed by atoms with Gasteiger partial charge in [0.2, 0.25) is 0 Å². The Morgan fingerprint density at radius 1 is 1.19 bits per heavy atom. The van der Waals surface area contributed by atoms with Crippen molar-refractivity contribution in [3.63, 3.8) is 0 Å². The van der Waals surface area contributed by atoms with E-state index in [0.29, 0.717) is 17.0 Å². The summed E-state index contributed by atoms with van der Waals surface area (Å²) in [5.74, 6) is -0.226. The summed E-state index contributed by atoms with van der Waals surface area (Å²) in [5, 5.41) is 3.95. The van der Waals surface area contributed by atoms with Crippen LogP contribution >= 0.6 is 43.5 Å². The van der Waals surface area contributed by atoms with Gasteiger partial charge in [-0.2, -0.15) is 0 Å². The molecule has 5 heteroatoms. The highest BCUT2D eigenvalue weighted by Gasteiger charge is 2.16. The Balaban J connectivity index is 2.32. The zero-order valence-corrected chi connectivity index (χ0v) is 15.4. The summed E-state index contributed by atoms with van der Waals surface area (Å²) in [6.45, 7) is 2.84. The average Bonchev–Trinajstić information content (AvgIpc) is 2.42. The van der Waals surface area contributed by atoms with Gasteiger partial charge in [0.1, 0.15) is 5.82 Å². The van der Waals surface area contributed by atoms with E-state index in [-0.39, 0.29) is 11.9 Å². The molecule has 2 aromatic carbocycles. The van der Waals surface area contributed by atoms with Gasteiger partial charge >= 0.3 is 0 Å². The Kier molecular flexibility index (Phi) is 6.23. The maximum absolute atomic E-state index is 13.9. The molecule has 0 amide bonds. The molecule has 0 aliphatic rings. The average molecular weight is 436 g/mol. The second-order valence-electron chi connectivity index (χ2n) is 4.72. The minimum atomic E-state index is -0.226. The van der Waals surface area contributed by atoms with Crippen molar-refractivity contribution in [2.75, 3.05) is 6.54 Å². The topological polar surface area (TPSA) is 12.0 Å². The first kappa shape index (κ1) is 16.9. The number of rotatable bonds is 5. The normalized spacial score (nSPS) is 12.4. The van der Waals surface area contributed by atoms with Gasteiger partial charge in [0.15, 0.2) is 0 Å². The molecule has 0 aliphatic heterocycles. The molecule has 1 N–H and O–H groups in total. The molecule has 112 valence electrons. The molecule has 0 fully saturated rings. The summed E-state index contributed by atoms with van der Waals surface area (Å²) < 4.78 is 15.9. The molecular formula is C16H15Br2ClFN. The van der Waals surface area contributed by atoms with Gasteiger partial charge in [0, 0.05) is 20.0 Å². The summed E-state index contributed by atoms with van der Waals surface area (Å²) in [6, 6.07) is 10.7. The number of hydrogen-bond acceptors (Lipinski definition) is 1. The Labute approximate surface area is 146 Å². The van der Waals surface area contributed by atoms with Crippen LogP contribution < -0.4 is 5.32 Å². The third kappa shape index (κ3) is 4.52. The van der Waals surface area contributed by atoms with Gasteiger partial charge < -0.3 is 5.32 Å². The van der Waals surface area contributed by atoms with E-state index in [2.05, 4.69) is 37.2 Å². The molecule has 0 radical (unpaired) electrons. The van der Waals surface area contributed by atoms with Crippen LogP contribution in [0.2, 0.25) is 5.02 Å². The van der Waals surface area contributed by atoms with Gasteiger partial charge in [-0.15, -0.1) is 0 Å². The lowest BCUT2D eigenvalue weighted by Gasteiger charge is -2.20. The van der Waals surface area contributed by atoms with Crippen LogP contribution in [0.5, 0.6) is 0 Å². The number of halogens is 4. The molecule has 0 heterocycles. The van der Waals surface area contributed by atoms with Gasteiger partial charge in [-0.25, -0.2) is 4.39 Å². The minimum absolute atomic E-state index is 0.0189. The highest BCUT2D eigenvalue weighted by atomic mass is 79.9. The maximum Gasteiger partial charge on any atom is 0.126 e. The zero-order chi connectivity index (χ0) is 15.4. The van der Waals surface area contributed by atoms with Gasteiger partial charge in [0.05, 0.1) is 0 Å². The van der Waals surface area contributed by atoms with Crippen molar-refractivity contribution in [2.24, 2.45) is 0 Å². The summed E-state index contributed by atoms with van der Waals surface area (Å²) in [4.78, 5) is 0. The number of benzene rings is 2. The molecule has 0 saturated carbocycles. The fraction of sp³-hybridized carbons (Fsp3) is 0.250. The van der Waals surface area contributed by atoms with Crippen LogP contribution in [0, 0.1) is 5.82 Å². The van der Waals surface area contributed by atoms with Crippen LogP contribution in [0.15, 0.2) is 45.3 Å². The number of likely N-dealkylation sites (N-methyl/N-ethyl adjacent to an activating group) is 1. The highest BCUT2D eigenvalue weighted by molar-refractivity contribution is 9.11. The first-order valence-electron chi connectivity index (χ1n) is 6.63. The number of hydrogen-bond donors (Lipinski definition) is 1. The van der Waals surface area contributed by atoms with Crippen LogP contribution in [0.1, 0.15) is 24.1 Å². The van der Waals surface area contributed by atoms with Gasteiger partial charge in [0.25, 0.3) is 0 Å². The molecule has 1 nitrogen and oxygen atoms in total. The van der Waals surface area contributed by atoms with E-state index in [1.165, 1.54) is 6.07 Å². The van der Waals surface area contributed by atoms with Crippen LogP contribution in [-0.4, -0.2) is 6.54 Å². The monoisotopic (exact) mass is 433 g/mol. The van der Waals surface area contributed by atoms with Crippen LogP contribution in [0.3, 0.4) is 0 Å². The van der Waals surface area contributed by atoms with Crippen molar-refractivity contribution < 1.29 is 4.39 Å². The van der Waals surface area contributed by atoms with E-state index in [1.807, 2.05) is 25.1 Å². The van der Waals surface area contributed by atoms with Gasteiger partial charge in [-0.05, 0) is 54.4 Å². The van der Waals surface area contributed by atoms with E-state index in [4.69, 9.17) is 11.6 Å². The summed E-state index contributed by atoms with van der Waals surface area (Å²) in [5.41, 5.74) is 1.71. The van der Waals surface area contributed by atoms with Crippen molar-refractivity contribution in [3.05, 3.63) is 67.3 Å². The quantitative estimate of drug-likeness (QED) is 0.617. The predicted octanol–water partition coefficient (Wildman–Crippen LogP) is 5.90. The Morgan fingerprint density at radius 3 is 2.62 bits per heavy atom. The molecule has 0 saturated heterocycles. The van der Waals surface area contributed by atoms with Crippen LogP contribution in [0.25, 0.3) is 0 Å². The Bertz CT molecular complexity index is 634. The number of nitrogens with one attached hydrogen (secondary N) is 1. The predicted molar refractivity (Wildman–Crippen MR) is 93.4 cm³/mol. The molecule has 0 aliphatic carbocycles. The van der Waals surface area contributed by atoms with Crippen molar-refractivity contribution >= 4 is 43.5 Å². The van der Waals surface area contributed by atoms with E-state index < -0.39 is 0 Å². The molecule has 21 heavy (non-hydrogen) atoms. The Hall–Kier alpha value is -0.420. The lowest BCUT2D eigenvalue weighted by molar-refractivity contribution is 0.526. The van der Waals surface area contributed by atoms with Crippen molar-refractivity contribution in [3.8, 4) is 0 Å². The largest absolute Gasteiger partial charge is 0.310 e. The lowest BCUT2D eigenvalue weighted by atomic mass is 9.98. The van der Waals surface area contributed by atoms with Gasteiger partial charge in [-0.1, -0.05) is 56.5 Å². The smallest absolute Gasteiger partial charge is 0.126 e. The van der Waals surface area contributed by atoms with Crippen LogP contribution in [-0.2, 0) is 6.42 Å². The van der Waals surface area contributed by atoms with Crippen molar-refractivity contribution in [1.29, 1.82) is 0 Å². The maximum atomic E-state index is 13.9. The SMILES string of the molecule is CCNC(Cc1cc(Cl)ccc1F)c1ccc(Br)cc1Br. The van der Waals surface area contributed by atoms with E-state index in [0.717, 1.165) is 21.1 Å². The third-order valence-corrected chi connectivity index (χ3v) is 4.64. The highest BCUT2D eigenvalue weighted by Crippen LogP contribution is 2.30. The standard InChI is InChI=1S/C16H15Br2ClFN/c1-2-21-16(13-5-3-11(17)9-14(13)18)8-10-7-12(19)4-6-15(10)20/h3-7,9,16,21H,2,8H2,1H3. The second-order valence-corrected chi connectivity index (χ2v) is 6.92. The van der Waals surface area contributed by atoms with Crippen molar-refractivity contribution in [1.82, 2.24) is 5.32 Å². The molecule has 2 aromatic rings. The van der Waals surface area contributed by atoms with E-state index >= 15 is 0 Å². The molecule has 0 bridgehead atoms. The Morgan fingerprint density at radius 2 is 1.95 bits per heavy atom. The molecular weight excluding hydrogens is 420 g/mol. The summed E-state index contributed by atoms with van der Waals surface area (Å²) in [7, 11) is 0. The third-order valence-electron chi connectivity index (χ3n) is 3.22. The fourth-order valence-corrected chi connectivity index (χ4v) is 3.76. The zero-order valence-electron chi connectivity index (χ0n) is 11.5.